The molecule has 60 valence electrons. The summed E-state index contributed by atoms with van der Waals surface area (Å²) in [6, 6.07) is 0. The van der Waals surface area contributed by atoms with Crippen molar-refractivity contribution >= 4 is 10.1 Å². The lowest BCUT2D eigenvalue weighted by molar-refractivity contribution is 0.377. The van der Waals surface area contributed by atoms with Crippen LogP contribution in [0.25, 0.3) is 0 Å². The minimum atomic E-state index is -4.68. The molecule has 0 bridgehead atoms. The maximum absolute atomic E-state index is 11.6. The lowest BCUT2D eigenvalue weighted by Crippen LogP contribution is -2.04. The summed E-state index contributed by atoms with van der Waals surface area (Å²) in [5.41, 5.74) is 0. The quantitative estimate of drug-likeness (QED) is 0.637. The Morgan fingerprint density at radius 2 is 1.70 bits per heavy atom. The van der Waals surface area contributed by atoms with Crippen molar-refractivity contribution in [1.82, 2.24) is 0 Å². The second-order valence-corrected chi connectivity index (χ2v) is 2.84. The smallest absolute Gasteiger partial charge is 0.285 e. The van der Waals surface area contributed by atoms with Crippen molar-refractivity contribution in [3.8, 4) is 0 Å². The van der Waals surface area contributed by atoms with Crippen LogP contribution < -0.4 is 0 Å². The van der Waals surface area contributed by atoms with Gasteiger partial charge < -0.3 is 0 Å². The Kier molecular flexibility index (Phi) is 2.85. The Balaban J connectivity index is 4.35. The molecule has 7 heteroatoms. The summed E-state index contributed by atoms with van der Waals surface area (Å²) in [6.07, 6.45) is -2.74. The summed E-state index contributed by atoms with van der Waals surface area (Å²) in [6.45, 7) is 0. The lowest BCUT2D eigenvalue weighted by atomic mass is 10.7. The van der Waals surface area contributed by atoms with Crippen LogP contribution in [0.5, 0.6) is 0 Å². The Bertz CT molecular complexity index is 238. The Morgan fingerprint density at radius 1 is 1.30 bits per heavy atom. The van der Waals surface area contributed by atoms with Crippen LogP contribution in [0.4, 0.5) is 13.2 Å². The molecule has 3 nitrogen and oxygen atoms in total. The molecule has 0 spiro atoms. The summed E-state index contributed by atoms with van der Waals surface area (Å²) < 4.78 is 61.0. The van der Waals surface area contributed by atoms with Crippen LogP contribution in [0.3, 0.4) is 0 Å². The monoisotopic (exact) mass is 176 g/mol. The molecule has 0 fully saturated rings. The number of halogens is 3. The molecule has 0 saturated heterocycles. The molecule has 0 heterocycles. The fourth-order valence-corrected chi connectivity index (χ4v) is 0.644. The third kappa shape index (κ3) is 4.33. The SMILES string of the molecule is O=S(=O)(O)CC(F)=C(F)F. The van der Waals surface area contributed by atoms with E-state index in [9.17, 15) is 21.6 Å². The minimum Gasteiger partial charge on any atom is -0.285 e. The summed E-state index contributed by atoms with van der Waals surface area (Å²) in [5.74, 6) is -3.81. The molecule has 0 saturated carbocycles. The van der Waals surface area contributed by atoms with Crippen molar-refractivity contribution in [3.63, 3.8) is 0 Å². The van der Waals surface area contributed by atoms with Crippen LogP contribution in [0.2, 0.25) is 0 Å². The van der Waals surface area contributed by atoms with Gasteiger partial charge in [-0.15, -0.1) is 0 Å². The first-order chi connectivity index (χ1) is 4.33. The van der Waals surface area contributed by atoms with Crippen LogP contribution >= 0.6 is 0 Å². The molecule has 10 heavy (non-hydrogen) atoms. The van der Waals surface area contributed by atoms with Crippen LogP contribution in [-0.2, 0) is 10.1 Å². The zero-order valence-corrected chi connectivity index (χ0v) is 5.33. The van der Waals surface area contributed by atoms with Crippen molar-refractivity contribution < 1.29 is 26.1 Å². The molecule has 0 rings (SSSR count). The maximum Gasteiger partial charge on any atom is 0.302 e. The van der Waals surface area contributed by atoms with Crippen molar-refractivity contribution in [1.29, 1.82) is 0 Å². The van der Waals surface area contributed by atoms with E-state index in [1.54, 1.807) is 0 Å². The standard InChI is InChI=1S/C3H3F3O3S/c4-2(3(5)6)1-10(7,8)9/h1H2,(H,7,8,9). The third-order valence-corrected chi connectivity index (χ3v) is 1.13. The first-order valence-electron chi connectivity index (χ1n) is 1.98. The largest absolute Gasteiger partial charge is 0.302 e. The summed E-state index contributed by atoms with van der Waals surface area (Å²) in [7, 11) is -4.68. The number of hydrogen-bond acceptors (Lipinski definition) is 2. The van der Waals surface area contributed by atoms with Gasteiger partial charge in [0.2, 0.25) is 0 Å². The summed E-state index contributed by atoms with van der Waals surface area (Å²) in [4.78, 5) is 0. The molecular weight excluding hydrogens is 173 g/mol. The van der Waals surface area contributed by atoms with Gasteiger partial charge in [-0.25, -0.2) is 4.39 Å². The molecule has 0 radical (unpaired) electrons. The molecule has 0 aliphatic heterocycles. The van der Waals surface area contributed by atoms with E-state index in [4.69, 9.17) is 4.55 Å². The number of rotatable bonds is 2. The van der Waals surface area contributed by atoms with E-state index in [2.05, 4.69) is 0 Å². The highest BCUT2D eigenvalue weighted by Crippen LogP contribution is 2.10. The molecular formula is C3H3F3O3S. The average molecular weight is 176 g/mol. The highest BCUT2D eigenvalue weighted by atomic mass is 32.2. The molecule has 0 aromatic carbocycles. The molecule has 0 amide bonds. The van der Waals surface area contributed by atoms with Crippen LogP contribution in [0.15, 0.2) is 11.9 Å². The molecule has 0 aromatic heterocycles. The van der Waals surface area contributed by atoms with Gasteiger partial charge in [0.15, 0.2) is 5.83 Å². The fourth-order valence-electron chi connectivity index (χ4n) is 0.215. The highest BCUT2D eigenvalue weighted by Gasteiger charge is 2.13. The summed E-state index contributed by atoms with van der Waals surface area (Å²) in [5, 5.41) is 0. The predicted molar refractivity (Wildman–Crippen MR) is 26.8 cm³/mol. The normalized spacial score (nSPS) is 11.2. The van der Waals surface area contributed by atoms with E-state index < -0.39 is 27.8 Å². The van der Waals surface area contributed by atoms with Gasteiger partial charge in [0.25, 0.3) is 10.1 Å². The number of hydrogen-bond donors (Lipinski definition) is 1. The van der Waals surface area contributed by atoms with Crippen molar-refractivity contribution in [2.75, 3.05) is 5.75 Å². The van der Waals surface area contributed by atoms with Gasteiger partial charge >= 0.3 is 6.08 Å². The molecule has 0 unspecified atom stereocenters. The van der Waals surface area contributed by atoms with E-state index in [1.807, 2.05) is 0 Å². The van der Waals surface area contributed by atoms with E-state index in [-0.39, 0.29) is 0 Å². The molecule has 0 atom stereocenters. The highest BCUT2D eigenvalue weighted by molar-refractivity contribution is 7.85. The molecule has 0 aliphatic rings. The van der Waals surface area contributed by atoms with Gasteiger partial charge in [-0.2, -0.15) is 17.2 Å². The van der Waals surface area contributed by atoms with Crippen LogP contribution in [0.1, 0.15) is 0 Å². The van der Waals surface area contributed by atoms with E-state index in [1.165, 1.54) is 0 Å². The van der Waals surface area contributed by atoms with Gasteiger partial charge in [-0.05, 0) is 0 Å². The van der Waals surface area contributed by atoms with Crippen molar-refractivity contribution in [2.24, 2.45) is 0 Å². The van der Waals surface area contributed by atoms with Crippen LogP contribution in [-0.4, -0.2) is 18.7 Å². The van der Waals surface area contributed by atoms with Gasteiger partial charge in [0, 0.05) is 0 Å². The third-order valence-electron chi connectivity index (χ3n) is 0.514. The van der Waals surface area contributed by atoms with Crippen molar-refractivity contribution in [3.05, 3.63) is 11.9 Å². The van der Waals surface area contributed by atoms with E-state index in [0.717, 1.165) is 0 Å². The predicted octanol–water partition coefficient (Wildman–Crippen LogP) is 0.952. The molecule has 1 N–H and O–H groups in total. The Labute approximate surface area is 54.9 Å². The van der Waals surface area contributed by atoms with Gasteiger partial charge in [0.05, 0.1) is 0 Å². The Morgan fingerprint density at radius 3 is 1.80 bits per heavy atom. The second kappa shape index (κ2) is 3.02. The topological polar surface area (TPSA) is 54.4 Å². The van der Waals surface area contributed by atoms with Crippen LogP contribution in [0, 0.1) is 0 Å². The molecule has 0 aromatic rings. The lowest BCUT2D eigenvalue weighted by Gasteiger charge is -1.90. The zero-order chi connectivity index (χ0) is 8.36. The fraction of sp³-hybridized carbons (Fsp3) is 0.333. The average Bonchev–Trinajstić information content (AvgIpc) is 1.60. The van der Waals surface area contributed by atoms with E-state index in [0.29, 0.717) is 0 Å². The van der Waals surface area contributed by atoms with Gasteiger partial charge in [0.1, 0.15) is 5.75 Å². The zero-order valence-electron chi connectivity index (χ0n) is 4.51. The Hall–Kier alpha value is -0.560. The second-order valence-electron chi connectivity index (χ2n) is 1.39. The molecule has 0 aliphatic carbocycles. The first-order valence-corrected chi connectivity index (χ1v) is 3.58. The summed E-state index contributed by atoms with van der Waals surface area (Å²) >= 11 is 0. The van der Waals surface area contributed by atoms with Gasteiger partial charge in [-0.3, -0.25) is 4.55 Å². The first kappa shape index (κ1) is 9.44. The minimum absolute atomic E-state index is 1.67. The maximum atomic E-state index is 11.6. The van der Waals surface area contributed by atoms with E-state index >= 15 is 0 Å². The van der Waals surface area contributed by atoms with Crippen molar-refractivity contribution in [2.45, 2.75) is 0 Å². The van der Waals surface area contributed by atoms with Gasteiger partial charge in [-0.1, -0.05) is 0 Å².